The van der Waals surface area contributed by atoms with Crippen LogP contribution in [0.1, 0.15) is 32.8 Å². The topological polar surface area (TPSA) is 109 Å². The quantitative estimate of drug-likeness (QED) is 0.597. The molecular weight excluding hydrogens is 404 g/mol. The van der Waals surface area contributed by atoms with Crippen molar-refractivity contribution >= 4 is 17.2 Å². The Hall–Kier alpha value is -2.58. The van der Waals surface area contributed by atoms with Crippen LogP contribution in [-0.4, -0.2) is 58.0 Å². The standard InChI is InChI=1S/C19H17F2N3O4S/c1-24-5-4-19(27,18(24)26)3-2-9-6-10-13(7-11(9)20)28-8-12(21)15-14(10)23-17(29-15)16(22)25/h6-7,12,18,26-27H,4-5,8H2,1H3,(H2,22,25)/t12?,18?,19-/m0/s1. The van der Waals surface area contributed by atoms with Gasteiger partial charge in [-0.3, -0.25) is 9.69 Å². The largest absolute Gasteiger partial charge is 0.489 e. The third-order valence-electron chi connectivity index (χ3n) is 4.96. The van der Waals surface area contributed by atoms with Gasteiger partial charge in [-0.2, -0.15) is 0 Å². The first-order chi connectivity index (χ1) is 13.7. The fourth-order valence-corrected chi connectivity index (χ4v) is 4.20. The first-order valence-electron chi connectivity index (χ1n) is 8.75. The maximum Gasteiger partial charge on any atom is 0.277 e. The zero-order valence-electron chi connectivity index (χ0n) is 15.3. The van der Waals surface area contributed by atoms with Crippen molar-refractivity contribution in [2.75, 3.05) is 20.2 Å². The molecule has 3 atom stereocenters. The first-order valence-corrected chi connectivity index (χ1v) is 9.56. The fraction of sp³-hybridized carbons (Fsp3) is 0.368. The lowest BCUT2D eigenvalue weighted by Gasteiger charge is -2.22. The van der Waals surface area contributed by atoms with Gasteiger partial charge < -0.3 is 20.7 Å². The van der Waals surface area contributed by atoms with Gasteiger partial charge in [0.15, 0.2) is 16.8 Å². The molecule has 1 fully saturated rings. The van der Waals surface area contributed by atoms with Crippen LogP contribution < -0.4 is 10.5 Å². The zero-order valence-corrected chi connectivity index (χ0v) is 16.1. The molecule has 2 unspecified atom stereocenters. The Bertz CT molecular complexity index is 1060. The monoisotopic (exact) mass is 421 g/mol. The maximum atomic E-state index is 14.6. The van der Waals surface area contributed by atoms with Crippen molar-refractivity contribution in [3.05, 3.63) is 33.4 Å². The van der Waals surface area contributed by atoms with Crippen LogP contribution in [0.5, 0.6) is 5.75 Å². The second kappa shape index (κ2) is 7.03. The predicted octanol–water partition coefficient (Wildman–Crippen LogP) is 1.19. The summed E-state index contributed by atoms with van der Waals surface area (Å²) in [5.74, 6) is 3.65. The number of hydrogen-bond acceptors (Lipinski definition) is 7. The van der Waals surface area contributed by atoms with E-state index in [2.05, 4.69) is 16.8 Å². The lowest BCUT2D eigenvalue weighted by atomic mass is 10.0. The van der Waals surface area contributed by atoms with Crippen molar-refractivity contribution in [2.24, 2.45) is 5.73 Å². The third-order valence-corrected chi connectivity index (χ3v) is 6.12. The molecule has 1 amide bonds. The average Bonchev–Trinajstić information content (AvgIpc) is 3.20. The Kier molecular flexibility index (Phi) is 4.78. The number of nitrogens with zero attached hydrogens (tertiary/aromatic N) is 2. The highest BCUT2D eigenvalue weighted by molar-refractivity contribution is 7.14. The summed E-state index contributed by atoms with van der Waals surface area (Å²) in [4.78, 5) is 17.3. The minimum Gasteiger partial charge on any atom is -0.489 e. The third kappa shape index (κ3) is 3.36. The molecule has 10 heteroatoms. The zero-order chi connectivity index (χ0) is 20.9. The van der Waals surface area contributed by atoms with Gasteiger partial charge in [0.25, 0.3) is 5.91 Å². The number of rotatable bonds is 1. The van der Waals surface area contributed by atoms with E-state index in [1.807, 2.05) is 0 Å². The summed E-state index contributed by atoms with van der Waals surface area (Å²) >= 11 is 0.823. The summed E-state index contributed by atoms with van der Waals surface area (Å²) in [6.07, 6.45) is -2.54. The van der Waals surface area contributed by atoms with Crippen LogP contribution in [0.25, 0.3) is 11.3 Å². The van der Waals surface area contributed by atoms with E-state index in [9.17, 15) is 23.8 Å². The number of carbonyl (C=O) groups is 1. The Morgan fingerprint density at radius 3 is 2.93 bits per heavy atom. The number of halogens is 2. The van der Waals surface area contributed by atoms with E-state index in [1.54, 1.807) is 7.05 Å². The van der Waals surface area contributed by atoms with Crippen molar-refractivity contribution in [3.8, 4) is 28.8 Å². The molecule has 4 N–H and O–H groups in total. The van der Waals surface area contributed by atoms with E-state index in [0.717, 1.165) is 17.4 Å². The van der Waals surface area contributed by atoms with Crippen LogP contribution >= 0.6 is 11.3 Å². The number of benzene rings is 1. The molecule has 1 aromatic heterocycles. The molecule has 4 rings (SSSR count). The van der Waals surface area contributed by atoms with Gasteiger partial charge in [-0.05, 0) is 13.1 Å². The summed E-state index contributed by atoms with van der Waals surface area (Å²) < 4.78 is 34.4. The van der Waals surface area contributed by atoms with Crippen molar-refractivity contribution < 1.29 is 28.5 Å². The molecule has 0 radical (unpaired) electrons. The molecule has 0 aliphatic carbocycles. The van der Waals surface area contributed by atoms with E-state index in [4.69, 9.17) is 10.5 Å². The van der Waals surface area contributed by atoms with E-state index >= 15 is 0 Å². The average molecular weight is 421 g/mol. The highest BCUT2D eigenvalue weighted by Gasteiger charge is 2.42. The number of likely N-dealkylation sites (tertiary alicyclic amines) is 1. The van der Waals surface area contributed by atoms with Crippen molar-refractivity contribution in [1.29, 1.82) is 0 Å². The summed E-state index contributed by atoms with van der Waals surface area (Å²) in [6, 6.07) is 2.39. The summed E-state index contributed by atoms with van der Waals surface area (Å²) in [7, 11) is 1.64. The van der Waals surface area contributed by atoms with Crippen molar-refractivity contribution in [2.45, 2.75) is 24.4 Å². The van der Waals surface area contributed by atoms with Gasteiger partial charge in [0, 0.05) is 24.6 Å². The number of aliphatic hydroxyl groups excluding tert-OH is 1. The van der Waals surface area contributed by atoms with Crippen LogP contribution in [0.4, 0.5) is 8.78 Å². The Morgan fingerprint density at radius 1 is 1.52 bits per heavy atom. The van der Waals surface area contributed by atoms with E-state index < -0.39 is 29.7 Å². The lowest BCUT2D eigenvalue weighted by molar-refractivity contribution is -0.0633. The lowest BCUT2D eigenvalue weighted by Crippen LogP contribution is -2.42. The van der Waals surface area contributed by atoms with Gasteiger partial charge in [-0.15, -0.1) is 11.3 Å². The fourth-order valence-electron chi connectivity index (χ4n) is 3.30. The molecule has 152 valence electrons. The maximum absolute atomic E-state index is 14.6. The van der Waals surface area contributed by atoms with Gasteiger partial charge in [-0.1, -0.05) is 11.8 Å². The molecule has 2 aromatic rings. The number of ether oxygens (including phenoxy) is 1. The number of amides is 1. The van der Waals surface area contributed by atoms with Crippen LogP contribution in [0, 0.1) is 17.7 Å². The van der Waals surface area contributed by atoms with Gasteiger partial charge in [0.05, 0.1) is 16.1 Å². The predicted molar refractivity (Wildman–Crippen MR) is 100 cm³/mol. The number of primary amides is 1. The van der Waals surface area contributed by atoms with Crippen LogP contribution in [0.15, 0.2) is 12.1 Å². The van der Waals surface area contributed by atoms with Crippen molar-refractivity contribution in [1.82, 2.24) is 9.88 Å². The molecule has 29 heavy (non-hydrogen) atoms. The summed E-state index contributed by atoms with van der Waals surface area (Å²) in [6.45, 7) is 0.0754. The Balaban J connectivity index is 1.80. The minimum absolute atomic E-state index is 0.0612. The van der Waals surface area contributed by atoms with Crippen LogP contribution in [0.3, 0.4) is 0 Å². The molecule has 3 heterocycles. The number of hydrogen-bond donors (Lipinski definition) is 3. The molecule has 1 saturated heterocycles. The summed E-state index contributed by atoms with van der Waals surface area (Å²) in [5.41, 5.74) is 3.89. The molecule has 2 aliphatic rings. The molecule has 2 aliphatic heterocycles. The van der Waals surface area contributed by atoms with Crippen LogP contribution in [-0.2, 0) is 0 Å². The second-order valence-corrected chi connectivity index (χ2v) is 8.01. The highest BCUT2D eigenvalue weighted by Crippen LogP contribution is 2.43. The molecule has 7 nitrogen and oxygen atoms in total. The number of carbonyl (C=O) groups excluding carboxylic acids is 1. The number of nitrogens with two attached hydrogens (primary N) is 1. The van der Waals surface area contributed by atoms with Crippen molar-refractivity contribution in [3.63, 3.8) is 0 Å². The number of alkyl halides is 1. The molecule has 1 aromatic carbocycles. The normalized spacial score (nSPS) is 26.0. The molecular formula is C19H17F2N3O4S. The number of fused-ring (bicyclic) bond motifs is 3. The summed E-state index contributed by atoms with van der Waals surface area (Å²) in [5, 5.41) is 20.5. The smallest absolute Gasteiger partial charge is 0.277 e. The molecule has 0 spiro atoms. The number of aliphatic hydroxyl groups is 2. The van der Waals surface area contributed by atoms with Gasteiger partial charge >= 0.3 is 0 Å². The number of likely N-dealkylation sites (N-methyl/N-ethyl adjacent to an activating group) is 1. The van der Waals surface area contributed by atoms with E-state index in [1.165, 1.54) is 11.0 Å². The van der Waals surface area contributed by atoms with E-state index in [0.29, 0.717) is 6.54 Å². The first kappa shape index (κ1) is 19.7. The molecule has 0 saturated carbocycles. The minimum atomic E-state index is -1.69. The van der Waals surface area contributed by atoms with Gasteiger partial charge in [0.2, 0.25) is 0 Å². The van der Waals surface area contributed by atoms with E-state index in [-0.39, 0.29) is 45.5 Å². The van der Waals surface area contributed by atoms with Gasteiger partial charge in [0.1, 0.15) is 24.4 Å². The Morgan fingerprint density at radius 2 is 2.28 bits per heavy atom. The van der Waals surface area contributed by atoms with Crippen LogP contribution in [0.2, 0.25) is 0 Å². The van der Waals surface area contributed by atoms with Gasteiger partial charge in [-0.25, -0.2) is 13.8 Å². The number of aromatic nitrogens is 1. The highest BCUT2D eigenvalue weighted by atomic mass is 32.1. The Labute approximate surface area is 168 Å². The second-order valence-electron chi connectivity index (χ2n) is 6.98. The SMILES string of the molecule is CN1CC[C@@](O)(C#Cc2cc3c(cc2F)OCC(F)c2sc(C(N)=O)nc2-3)C1O. The number of thiazole rings is 1. The molecule has 0 bridgehead atoms.